The van der Waals surface area contributed by atoms with Gasteiger partial charge in [0.25, 0.3) is 0 Å². The molecule has 0 saturated carbocycles. The number of hydrogen-bond acceptors (Lipinski definition) is 5. The molecule has 1 N–H and O–H groups in total. The quantitative estimate of drug-likeness (QED) is 0.813. The van der Waals surface area contributed by atoms with Crippen molar-refractivity contribution in [2.45, 2.75) is 31.6 Å². The second kappa shape index (κ2) is 7.18. The van der Waals surface area contributed by atoms with Crippen molar-refractivity contribution in [3.05, 3.63) is 23.3 Å². The molecule has 1 aromatic carbocycles. The molecule has 3 rings (SSSR count). The average Bonchev–Trinajstić information content (AvgIpc) is 2.79. The molecule has 0 aliphatic carbocycles. The summed E-state index contributed by atoms with van der Waals surface area (Å²) in [6.07, 6.45) is 2.50. The zero-order valence-electron chi connectivity index (χ0n) is 12.5. The van der Waals surface area contributed by atoms with Gasteiger partial charge in [0.2, 0.25) is 0 Å². The van der Waals surface area contributed by atoms with Crippen molar-refractivity contribution in [3.8, 4) is 11.5 Å². The number of fused-ring (bicyclic) bond motifs is 1. The Morgan fingerprint density at radius 1 is 1.43 bits per heavy atom. The summed E-state index contributed by atoms with van der Waals surface area (Å²) >= 11 is 0. The minimum atomic E-state index is -0.550. The van der Waals surface area contributed by atoms with Gasteiger partial charge in [0.1, 0.15) is 17.6 Å². The smallest absolute Gasteiger partial charge is 0.127 e. The topological polar surface area (TPSA) is 54.3 Å². The Hall–Kier alpha value is -0.486. The van der Waals surface area contributed by atoms with E-state index in [4.69, 9.17) is 9.47 Å². The van der Waals surface area contributed by atoms with Gasteiger partial charge >= 0.3 is 0 Å². The van der Waals surface area contributed by atoms with Crippen molar-refractivity contribution in [1.29, 1.82) is 0 Å². The second-order valence-corrected chi connectivity index (χ2v) is 5.50. The SMILES string of the molecule is COc1cc2c3c(c1)OC(C3)CC(O)/C=N/CN(C)C2.[Y]. The van der Waals surface area contributed by atoms with E-state index in [1.165, 1.54) is 11.1 Å². The molecule has 0 amide bonds. The van der Waals surface area contributed by atoms with Crippen LogP contribution < -0.4 is 9.47 Å². The molecule has 0 fully saturated rings. The van der Waals surface area contributed by atoms with Gasteiger partial charge in [-0.15, -0.1) is 0 Å². The van der Waals surface area contributed by atoms with Crippen LogP contribution in [0.5, 0.6) is 11.5 Å². The van der Waals surface area contributed by atoms with Crippen molar-refractivity contribution in [3.63, 3.8) is 0 Å². The fraction of sp³-hybridized carbons (Fsp3) is 0.533. The molecule has 0 spiro atoms. The molecule has 2 aliphatic heterocycles. The number of methoxy groups -OCH3 is 1. The van der Waals surface area contributed by atoms with Crippen LogP contribution in [0, 0.1) is 0 Å². The van der Waals surface area contributed by atoms with Gasteiger partial charge in [-0.25, -0.2) is 0 Å². The molecular weight excluding hydrogens is 345 g/mol. The largest absolute Gasteiger partial charge is 0.497 e. The molecule has 21 heavy (non-hydrogen) atoms. The molecule has 0 aromatic heterocycles. The van der Waals surface area contributed by atoms with Crippen molar-refractivity contribution in [2.75, 3.05) is 20.8 Å². The minimum Gasteiger partial charge on any atom is -0.497 e. The van der Waals surface area contributed by atoms with Crippen LogP contribution in [0.4, 0.5) is 0 Å². The van der Waals surface area contributed by atoms with Crippen molar-refractivity contribution in [2.24, 2.45) is 4.99 Å². The Balaban J connectivity index is 0.00000161. The summed E-state index contributed by atoms with van der Waals surface area (Å²) in [5.74, 6) is 1.70. The first-order chi connectivity index (χ1) is 9.65. The zero-order valence-corrected chi connectivity index (χ0v) is 15.3. The Morgan fingerprint density at radius 2 is 2.24 bits per heavy atom. The third-order valence-electron chi connectivity index (χ3n) is 3.78. The molecule has 6 heteroatoms. The Kier molecular flexibility index (Phi) is 5.77. The van der Waals surface area contributed by atoms with E-state index in [-0.39, 0.29) is 38.8 Å². The van der Waals surface area contributed by atoms with E-state index in [0.717, 1.165) is 24.5 Å². The number of aliphatic hydroxyl groups excluding tert-OH is 1. The first-order valence-corrected chi connectivity index (χ1v) is 6.88. The van der Waals surface area contributed by atoms with Crippen LogP contribution in [-0.2, 0) is 45.7 Å². The van der Waals surface area contributed by atoms with Gasteiger partial charge < -0.3 is 14.6 Å². The van der Waals surface area contributed by atoms with Gasteiger partial charge in [0.05, 0.1) is 19.9 Å². The van der Waals surface area contributed by atoms with Gasteiger partial charge in [-0.3, -0.25) is 9.89 Å². The maximum Gasteiger partial charge on any atom is 0.127 e. The summed E-state index contributed by atoms with van der Waals surface area (Å²) < 4.78 is 11.3. The number of nitrogens with zero attached hydrogens (tertiary/aromatic N) is 2. The van der Waals surface area contributed by atoms with Crippen LogP contribution in [0.3, 0.4) is 0 Å². The van der Waals surface area contributed by atoms with Crippen LogP contribution in [0.2, 0.25) is 0 Å². The number of hydrogen-bond donors (Lipinski definition) is 1. The van der Waals surface area contributed by atoms with Crippen molar-refractivity contribution in [1.82, 2.24) is 4.90 Å². The first-order valence-electron chi connectivity index (χ1n) is 6.88. The number of rotatable bonds is 1. The summed E-state index contributed by atoms with van der Waals surface area (Å²) in [6.45, 7) is 1.37. The van der Waals surface area contributed by atoms with E-state index in [1.807, 2.05) is 13.1 Å². The van der Waals surface area contributed by atoms with Crippen molar-refractivity contribution < 1.29 is 47.3 Å². The van der Waals surface area contributed by atoms with E-state index in [9.17, 15) is 5.11 Å². The monoisotopic (exact) mass is 365 g/mol. The second-order valence-electron chi connectivity index (χ2n) is 5.50. The van der Waals surface area contributed by atoms with Crippen LogP contribution in [-0.4, -0.2) is 49.3 Å². The molecule has 2 atom stereocenters. The van der Waals surface area contributed by atoms with E-state index in [1.54, 1.807) is 13.3 Å². The van der Waals surface area contributed by atoms with Crippen LogP contribution >= 0.6 is 0 Å². The molecule has 2 bridgehead atoms. The maximum atomic E-state index is 9.95. The molecule has 1 radical (unpaired) electrons. The summed E-state index contributed by atoms with van der Waals surface area (Å²) in [4.78, 5) is 6.38. The van der Waals surface area contributed by atoms with Gasteiger partial charge in [0.15, 0.2) is 0 Å². The molecule has 111 valence electrons. The van der Waals surface area contributed by atoms with Crippen LogP contribution in [0.1, 0.15) is 17.5 Å². The molecule has 0 saturated heterocycles. The van der Waals surface area contributed by atoms with E-state index in [2.05, 4.69) is 16.0 Å². The Labute approximate surface area is 150 Å². The first kappa shape index (κ1) is 16.9. The summed E-state index contributed by atoms with van der Waals surface area (Å²) in [5, 5.41) is 9.95. The molecule has 1 aromatic rings. The predicted molar refractivity (Wildman–Crippen MR) is 76.6 cm³/mol. The Bertz CT molecular complexity index is 536. The molecule has 5 nitrogen and oxygen atoms in total. The third kappa shape index (κ3) is 3.83. The number of benzene rings is 1. The number of aliphatic imine (C=N–C) groups is 1. The van der Waals surface area contributed by atoms with E-state index < -0.39 is 6.10 Å². The van der Waals surface area contributed by atoms with Crippen LogP contribution in [0.15, 0.2) is 17.1 Å². The normalized spacial score (nSPS) is 26.2. The number of ether oxygens (including phenoxy) is 2. The fourth-order valence-electron chi connectivity index (χ4n) is 2.83. The summed E-state index contributed by atoms with van der Waals surface area (Å²) in [5.41, 5.74) is 2.45. The molecule has 2 heterocycles. The van der Waals surface area contributed by atoms with Gasteiger partial charge in [-0.05, 0) is 18.7 Å². The van der Waals surface area contributed by atoms with Crippen LogP contribution in [0.25, 0.3) is 0 Å². The van der Waals surface area contributed by atoms with E-state index >= 15 is 0 Å². The Morgan fingerprint density at radius 3 is 3.00 bits per heavy atom. The summed E-state index contributed by atoms with van der Waals surface area (Å²) in [7, 11) is 3.68. The maximum absolute atomic E-state index is 9.95. The molecular formula is C15H20N2O3Y. The summed E-state index contributed by atoms with van der Waals surface area (Å²) in [6, 6.07) is 4.00. The molecule has 2 aliphatic rings. The van der Waals surface area contributed by atoms with Gasteiger partial charge in [-0.2, -0.15) is 0 Å². The van der Waals surface area contributed by atoms with Crippen molar-refractivity contribution >= 4 is 6.21 Å². The van der Waals surface area contributed by atoms with E-state index in [0.29, 0.717) is 13.1 Å². The zero-order chi connectivity index (χ0) is 14.1. The third-order valence-corrected chi connectivity index (χ3v) is 3.78. The standard InChI is InChI=1S/C15H20N2O3.Y/c1-17-8-10-3-12(19-2)6-15-14(10)5-13(20-15)4-11(18)7-16-9-17;/h3,6-7,11,13,18H,4-5,8-9H2,1-2H3;/b16-7+;. The predicted octanol–water partition coefficient (Wildman–Crippen LogP) is 1.22. The van der Waals surface area contributed by atoms with Gasteiger partial charge in [-0.1, -0.05) is 0 Å². The fourth-order valence-corrected chi connectivity index (χ4v) is 2.83. The minimum absolute atomic E-state index is 0. The average molecular weight is 365 g/mol. The number of aliphatic hydroxyl groups is 1. The molecule has 2 unspecified atom stereocenters. The van der Waals surface area contributed by atoms with Gasteiger partial charge in [0, 0.05) is 69.9 Å².